The van der Waals surface area contributed by atoms with Crippen LogP contribution in [0.4, 0.5) is 0 Å². The van der Waals surface area contributed by atoms with Crippen LogP contribution < -0.4 is 0 Å². The molecule has 4 heteroatoms. The van der Waals surface area contributed by atoms with Gasteiger partial charge in [0, 0.05) is 5.33 Å². The zero-order valence-electron chi connectivity index (χ0n) is 9.92. The highest BCUT2D eigenvalue weighted by Gasteiger charge is 2.13. The summed E-state index contributed by atoms with van der Waals surface area (Å²) < 4.78 is 4.91. The minimum absolute atomic E-state index is 0.156. The van der Waals surface area contributed by atoms with Crippen molar-refractivity contribution in [3.05, 3.63) is 34.4 Å². The number of ether oxygens (including phenoxy) is 1. The second kappa shape index (κ2) is 6.41. The van der Waals surface area contributed by atoms with Crippen molar-refractivity contribution in [2.45, 2.75) is 25.6 Å². The van der Waals surface area contributed by atoms with Gasteiger partial charge < -0.3 is 4.74 Å². The van der Waals surface area contributed by atoms with E-state index in [0.29, 0.717) is 17.5 Å². The molecule has 0 saturated carbocycles. The lowest BCUT2D eigenvalue weighted by Gasteiger charge is -2.11. The fourth-order valence-corrected chi connectivity index (χ4v) is 2.25. The van der Waals surface area contributed by atoms with E-state index in [-0.39, 0.29) is 12.4 Å². The Morgan fingerprint density at radius 2 is 2.24 bits per heavy atom. The first kappa shape index (κ1) is 13.7. The van der Waals surface area contributed by atoms with E-state index in [4.69, 9.17) is 10.00 Å². The van der Waals surface area contributed by atoms with Gasteiger partial charge in [-0.3, -0.25) is 4.79 Å². The van der Waals surface area contributed by atoms with Crippen molar-refractivity contribution in [2.24, 2.45) is 0 Å². The summed E-state index contributed by atoms with van der Waals surface area (Å²) in [6.07, 6.45) is 0.156. The van der Waals surface area contributed by atoms with Crippen molar-refractivity contribution in [3.8, 4) is 6.07 Å². The maximum absolute atomic E-state index is 11.5. The fourth-order valence-electron chi connectivity index (χ4n) is 1.64. The smallest absolute Gasteiger partial charge is 0.310 e. The second-order valence-electron chi connectivity index (χ2n) is 3.60. The topological polar surface area (TPSA) is 50.1 Å². The molecule has 3 nitrogen and oxygen atoms in total. The summed E-state index contributed by atoms with van der Waals surface area (Å²) >= 11 is 3.39. The number of nitrogens with zero attached hydrogens (tertiary/aromatic N) is 1. The number of carbonyl (C=O) groups excluding carboxylic acids is 1. The van der Waals surface area contributed by atoms with Crippen molar-refractivity contribution in [2.75, 3.05) is 6.61 Å². The minimum atomic E-state index is -0.293. The molecule has 1 aromatic rings. The molecule has 0 heterocycles. The fraction of sp³-hybridized carbons (Fsp3) is 0.385. The third-order valence-electron chi connectivity index (χ3n) is 2.60. The van der Waals surface area contributed by atoms with Crippen LogP contribution in [0, 0.1) is 18.3 Å². The third kappa shape index (κ3) is 3.31. The number of benzene rings is 1. The van der Waals surface area contributed by atoms with Gasteiger partial charge >= 0.3 is 5.97 Å². The monoisotopic (exact) mass is 295 g/mol. The number of nitriles is 1. The van der Waals surface area contributed by atoms with Crippen LogP contribution in [0.2, 0.25) is 0 Å². The molecule has 0 amide bonds. The molecule has 0 aliphatic carbocycles. The maximum atomic E-state index is 11.5. The van der Waals surface area contributed by atoms with Crippen molar-refractivity contribution < 1.29 is 9.53 Å². The van der Waals surface area contributed by atoms with Crippen LogP contribution in [-0.4, -0.2) is 12.6 Å². The van der Waals surface area contributed by atoms with Gasteiger partial charge in [0.2, 0.25) is 0 Å². The van der Waals surface area contributed by atoms with E-state index < -0.39 is 0 Å². The van der Waals surface area contributed by atoms with Crippen LogP contribution in [0.25, 0.3) is 0 Å². The molecule has 0 saturated heterocycles. The molecule has 0 aromatic heterocycles. The van der Waals surface area contributed by atoms with Crippen LogP contribution in [-0.2, 0) is 21.3 Å². The van der Waals surface area contributed by atoms with Crippen LogP contribution in [0.5, 0.6) is 0 Å². The van der Waals surface area contributed by atoms with Gasteiger partial charge in [-0.2, -0.15) is 5.26 Å². The lowest BCUT2D eigenvalue weighted by atomic mass is 9.96. The van der Waals surface area contributed by atoms with Gasteiger partial charge in [-0.15, -0.1) is 0 Å². The van der Waals surface area contributed by atoms with Gasteiger partial charge in [0.15, 0.2) is 0 Å². The molecule has 1 aromatic carbocycles. The summed E-state index contributed by atoms with van der Waals surface area (Å²) in [4.78, 5) is 11.5. The minimum Gasteiger partial charge on any atom is -0.466 e. The molecule has 17 heavy (non-hydrogen) atoms. The SMILES string of the molecule is CCOC(=O)Cc1c(C#N)ccc(CBr)c1C. The van der Waals surface area contributed by atoms with Crippen LogP contribution >= 0.6 is 15.9 Å². The molecule has 0 fully saturated rings. The number of esters is 1. The Kier molecular flexibility index (Phi) is 5.17. The predicted molar refractivity (Wildman–Crippen MR) is 68.9 cm³/mol. The van der Waals surface area contributed by atoms with Crippen molar-refractivity contribution in [1.82, 2.24) is 0 Å². The average Bonchev–Trinajstić information content (AvgIpc) is 2.32. The normalized spacial score (nSPS) is 9.76. The molecular formula is C13H14BrNO2. The van der Waals surface area contributed by atoms with Crippen molar-refractivity contribution in [1.29, 1.82) is 5.26 Å². The molecular weight excluding hydrogens is 282 g/mol. The number of halogens is 1. The van der Waals surface area contributed by atoms with Crippen LogP contribution in [0.15, 0.2) is 12.1 Å². The standard InChI is InChI=1S/C13H14BrNO2/c1-3-17-13(16)6-12-9(2)10(7-14)4-5-11(12)8-15/h4-5H,3,6-7H2,1-2H3. The van der Waals surface area contributed by atoms with E-state index in [2.05, 4.69) is 22.0 Å². The number of hydrogen-bond donors (Lipinski definition) is 0. The summed E-state index contributed by atoms with van der Waals surface area (Å²) in [5.41, 5.74) is 3.38. The predicted octanol–water partition coefficient (Wildman–Crippen LogP) is 2.87. The number of alkyl halides is 1. The van der Waals surface area contributed by atoms with Gasteiger partial charge in [-0.1, -0.05) is 22.0 Å². The Balaban J connectivity index is 3.11. The highest BCUT2D eigenvalue weighted by atomic mass is 79.9. The van der Waals surface area contributed by atoms with Gasteiger partial charge in [-0.25, -0.2) is 0 Å². The largest absolute Gasteiger partial charge is 0.466 e. The molecule has 1 rings (SSSR count). The Morgan fingerprint density at radius 3 is 2.76 bits per heavy atom. The van der Waals surface area contributed by atoms with Crippen LogP contribution in [0.3, 0.4) is 0 Å². The highest BCUT2D eigenvalue weighted by molar-refractivity contribution is 9.08. The molecule has 0 spiro atoms. The molecule has 0 N–H and O–H groups in total. The summed E-state index contributed by atoms with van der Waals surface area (Å²) in [7, 11) is 0. The zero-order chi connectivity index (χ0) is 12.8. The lowest BCUT2D eigenvalue weighted by Crippen LogP contribution is -2.10. The number of carbonyl (C=O) groups is 1. The zero-order valence-corrected chi connectivity index (χ0v) is 11.5. The molecule has 0 unspecified atom stereocenters. The Hall–Kier alpha value is -1.34. The number of rotatable bonds is 4. The summed E-state index contributed by atoms with van der Waals surface area (Å²) in [5, 5.41) is 9.74. The van der Waals surface area contributed by atoms with E-state index in [1.54, 1.807) is 13.0 Å². The Morgan fingerprint density at radius 1 is 1.53 bits per heavy atom. The Labute approximate surface area is 110 Å². The van der Waals surface area contributed by atoms with Gasteiger partial charge in [0.25, 0.3) is 0 Å². The summed E-state index contributed by atoms with van der Waals surface area (Å²) in [6, 6.07) is 5.76. The van der Waals surface area contributed by atoms with Gasteiger partial charge in [0.05, 0.1) is 24.7 Å². The molecule has 90 valence electrons. The molecule has 0 bridgehead atoms. The van der Waals surface area contributed by atoms with Crippen LogP contribution in [0.1, 0.15) is 29.2 Å². The molecule has 0 aliphatic rings. The molecule has 0 atom stereocenters. The first-order valence-corrected chi connectivity index (χ1v) is 6.49. The third-order valence-corrected chi connectivity index (χ3v) is 3.21. The van der Waals surface area contributed by atoms with E-state index >= 15 is 0 Å². The van der Waals surface area contributed by atoms with E-state index in [0.717, 1.165) is 16.7 Å². The first-order valence-electron chi connectivity index (χ1n) is 5.37. The van der Waals surface area contributed by atoms with Crippen molar-refractivity contribution in [3.63, 3.8) is 0 Å². The quantitative estimate of drug-likeness (QED) is 0.634. The Bertz CT molecular complexity index is 463. The van der Waals surface area contributed by atoms with Crippen molar-refractivity contribution >= 4 is 21.9 Å². The maximum Gasteiger partial charge on any atom is 0.310 e. The summed E-state index contributed by atoms with van der Waals surface area (Å²) in [5.74, 6) is -0.293. The molecule has 0 radical (unpaired) electrons. The summed E-state index contributed by atoms with van der Waals surface area (Å²) in [6.45, 7) is 4.05. The highest BCUT2D eigenvalue weighted by Crippen LogP contribution is 2.21. The second-order valence-corrected chi connectivity index (χ2v) is 4.16. The number of hydrogen-bond acceptors (Lipinski definition) is 3. The van der Waals surface area contributed by atoms with E-state index in [9.17, 15) is 4.79 Å². The van der Waals surface area contributed by atoms with E-state index in [1.807, 2.05) is 13.0 Å². The van der Waals surface area contributed by atoms with E-state index in [1.165, 1.54) is 0 Å². The first-order chi connectivity index (χ1) is 8.13. The lowest BCUT2D eigenvalue weighted by molar-refractivity contribution is -0.142. The van der Waals surface area contributed by atoms with Gasteiger partial charge in [-0.05, 0) is 36.6 Å². The van der Waals surface area contributed by atoms with Gasteiger partial charge in [0.1, 0.15) is 0 Å². The average molecular weight is 296 g/mol. The molecule has 0 aliphatic heterocycles.